The van der Waals surface area contributed by atoms with Gasteiger partial charge in [-0.15, -0.1) is 0 Å². The Balaban J connectivity index is 2.78. The van der Waals surface area contributed by atoms with E-state index in [9.17, 15) is 13.2 Å². The Kier molecular flexibility index (Phi) is 4.91. The van der Waals surface area contributed by atoms with Crippen LogP contribution in [0.15, 0.2) is 30.3 Å². The third kappa shape index (κ3) is 6.35. The summed E-state index contributed by atoms with van der Waals surface area (Å²) in [6.07, 6.45) is 2.44. The first-order valence-corrected chi connectivity index (χ1v) is 7.38. The first kappa shape index (κ1) is 16.2. The number of rotatable bonds is 5. The van der Waals surface area contributed by atoms with Crippen molar-refractivity contribution in [3.05, 3.63) is 35.9 Å². The van der Waals surface area contributed by atoms with Crippen LogP contribution < -0.4 is 9.44 Å². The average Bonchev–Trinajstić information content (AvgIpc) is 2.24. The van der Waals surface area contributed by atoms with Crippen molar-refractivity contribution in [2.45, 2.75) is 26.3 Å². The molecule has 0 saturated carbocycles. The van der Waals surface area contributed by atoms with E-state index in [-0.39, 0.29) is 0 Å². The fourth-order valence-electron chi connectivity index (χ4n) is 1.41. The fourth-order valence-corrected chi connectivity index (χ4v) is 2.72. The first-order valence-electron chi connectivity index (χ1n) is 5.90. The minimum atomic E-state index is -3.64. The zero-order valence-electron chi connectivity index (χ0n) is 11.5. The van der Waals surface area contributed by atoms with Gasteiger partial charge in [0.05, 0.1) is 0 Å². The number of carboxylic acid groups (broad SMARTS) is 1. The molecule has 0 atom stereocenters. The second-order valence-corrected chi connectivity index (χ2v) is 6.67. The Bertz CT molecular complexity index is 598. The van der Waals surface area contributed by atoms with Gasteiger partial charge in [0.15, 0.2) is 0 Å². The maximum atomic E-state index is 11.8. The monoisotopic (exact) mass is 298 g/mol. The van der Waals surface area contributed by atoms with Crippen molar-refractivity contribution in [2.24, 2.45) is 0 Å². The largest absolute Gasteiger partial charge is 0.478 e. The van der Waals surface area contributed by atoms with E-state index < -0.39 is 21.7 Å². The highest BCUT2D eigenvalue weighted by Gasteiger charge is 2.19. The molecule has 0 amide bonds. The zero-order chi connectivity index (χ0) is 15.4. The van der Waals surface area contributed by atoms with Gasteiger partial charge in [0.2, 0.25) is 0 Å². The highest BCUT2D eigenvalue weighted by molar-refractivity contribution is 7.90. The number of anilines is 1. The lowest BCUT2D eigenvalue weighted by Gasteiger charge is -2.20. The highest BCUT2D eigenvalue weighted by atomic mass is 32.2. The molecule has 0 radical (unpaired) electrons. The van der Waals surface area contributed by atoms with Gasteiger partial charge >= 0.3 is 5.97 Å². The molecule has 1 aromatic carbocycles. The van der Waals surface area contributed by atoms with Crippen molar-refractivity contribution < 1.29 is 18.3 Å². The molecule has 0 unspecified atom stereocenters. The van der Waals surface area contributed by atoms with Gasteiger partial charge in [-0.05, 0) is 44.5 Å². The number of hydrogen-bond donors (Lipinski definition) is 3. The standard InChI is InChI=1S/C13H18N2O4S/c1-13(2,3)15-20(18,19)14-11-7-4-10(5-8-11)6-9-12(16)17/h4-9,14-15H,1-3H3,(H,16,17)/b9-6+. The topological polar surface area (TPSA) is 95.5 Å². The van der Waals surface area contributed by atoms with Crippen LogP contribution in [0.25, 0.3) is 6.08 Å². The predicted octanol–water partition coefficient (Wildman–Crippen LogP) is 1.83. The van der Waals surface area contributed by atoms with Gasteiger partial charge in [0, 0.05) is 17.3 Å². The van der Waals surface area contributed by atoms with Gasteiger partial charge in [-0.25, -0.2) is 4.79 Å². The molecule has 0 fully saturated rings. The molecule has 3 N–H and O–H groups in total. The molecular weight excluding hydrogens is 280 g/mol. The van der Waals surface area contributed by atoms with E-state index >= 15 is 0 Å². The Hall–Kier alpha value is -1.86. The number of hydrogen-bond acceptors (Lipinski definition) is 3. The molecule has 0 aliphatic heterocycles. The van der Waals surface area contributed by atoms with E-state index in [0.29, 0.717) is 11.3 Å². The molecular formula is C13H18N2O4S. The van der Waals surface area contributed by atoms with Crippen molar-refractivity contribution >= 4 is 27.9 Å². The molecule has 0 saturated heterocycles. The summed E-state index contributed by atoms with van der Waals surface area (Å²) in [6.45, 7) is 5.23. The lowest BCUT2D eigenvalue weighted by atomic mass is 10.1. The van der Waals surface area contributed by atoms with E-state index in [0.717, 1.165) is 6.08 Å². The predicted molar refractivity (Wildman–Crippen MR) is 78.5 cm³/mol. The maximum Gasteiger partial charge on any atom is 0.328 e. The summed E-state index contributed by atoms with van der Waals surface area (Å²) in [6, 6.07) is 6.36. The van der Waals surface area contributed by atoms with Crippen LogP contribution in [0, 0.1) is 0 Å². The smallest absolute Gasteiger partial charge is 0.328 e. The summed E-state index contributed by atoms with van der Waals surface area (Å²) in [5.41, 5.74) is 0.490. The minimum absolute atomic E-state index is 0.397. The van der Waals surface area contributed by atoms with Crippen LogP contribution in [0.1, 0.15) is 26.3 Å². The van der Waals surface area contributed by atoms with Crippen molar-refractivity contribution in [2.75, 3.05) is 4.72 Å². The Morgan fingerprint density at radius 3 is 2.20 bits per heavy atom. The van der Waals surface area contributed by atoms with Crippen molar-refractivity contribution in [1.29, 1.82) is 0 Å². The molecule has 7 heteroatoms. The summed E-state index contributed by atoms with van der Waals surface area (Å²) >= 11 is 0. The number of carboxylic acids is 1. The summed E-state index contributed by atoms with van der Waals surface area (Å²) in [7, 11) is -3.64. The molecule has 0 aliphatic carbocycles. The van der Waals surface area contributed by atoms with Gasteiger partial charge < -0.3 is 5.11 Å². The van der Waals surface area contributed by atoms with E-state index in [1.807, 2.05) is 0 Å². The van der Waals surface area contributed by atoms with E-state index in [4.69, 9.17) is 5.11 Å². The number of aliphatic carboxylic acids is 1. The highest BCUT2D eigenvalue weighted by Crippen LogP contribution is 2.13. The van der Waals surface area contributed by atoms with Crippen LogP contribution in [-0.2, 0) is 15.0 Å². The Labute approximate surface area is 118 Å². The molecule has 20 heavy (non-hydrogen) atoms. The van der Waals surface area contributed by atoms with Gasteiger partial charge in [0.1, 0.15) is 0 Å². The molecule has 0 aliphatic rings. The summed E-state index contributed by atoms with van der Waals surface area (Å²) in [5, 5.41) is 8.50. The Morgan fingerprint density at radius 2 is 1.75 bits per heavy atom. The van der Waals surface area contributed by atoms with Crippen molar-refractivity contribution in [3.63, 3.8) is 0 Å². The number of carbonyl (C=O) groups is 1. The van der Waals surface area contributed by atoms with Crippen LogP contribution in [-0.4, -0.2) is 25.0 Å². The molecule has 0 bridgehead atoms. The fraction of sp³-hybridized carbons (Fsp3) is 0.308. The summed E-state index contributed by atoms with van der Waals surface area (Å²) in [5.74, 6) is -1.04. The molecule has 1 rings (SSSR count). The molecule has 0 spiro atoms. The Morgan fingerprint density at radius 1 is 1.20 bits per heavy atom. The molecule has 6 nitrogen and oxygen atoms in total. The van der Waals surface area contributed by atoms with Crippen LogP contribution in [0.3, 0.4) is 0 Å². The summed E-state index contributed by atoms with van der Waals surface area (Å²) in [4.78, 5) is 10.4. The number of nitrogens with one attached hydrogen (secondary N) is 2. The SMILES string of the molecule is CC(C)(C)NS(=O)(=O)Nc1ccc(/C=C/C(=O)O)cc1. The third-order valence-electron chi connectivity index (χ3n) is 2.02. The minimum Gasteiger partial charge on any atom is -0.478 e. The lowest BCUT2D eigenvalue weighted by molar-refractivity contribution is -0.131. The second kappa shape index (κ2) is 6.06. The number of benzene rings is 1. The molecule has 1 aromatic rings. The zero-order valence-corrected chi connectivity index (χ0v) is 12.4. The van der Waals surface area contributed by atoms with Crippen LogP contribution in [0.5, 0.6) is 0 Å². The van der Waals surface area contributed by atoms with E-state index in [2.05, 4.69) is 9.44 Å². The first-order chi connectivity index (χ1) is 9.07. The van der Waals surface area contributed by atoms with E-state index in [1.54, 1.807) is 45.0 Å². The summed E-state index contributed by atoms with van der Waals surface area (Å²) < 4.78 is 28.5. The molecule has 110 valence electrons. The molecule has 0 aromatic heterocycles. The van der Waals surface area contributed by atoms with E-state index in [1.165, 1.54) is 6.08 Å². The van der Waals surface area contributed by atoms with Crippen molar-refractivity contribution in [1.82, 2.24) is 4.72 Å². The maximum absolute atomic E-state index is 11.8. The van der Waals surface area contributed by atoms with Gasteiger partial charge in [-0.2, -0.15) is 13.1 Å². The third-order valence-corrected chi connectivity index (χ3v) is 3.41. The van der Waals surface area contributed by atoms with Crippen molar-refractivity contribution in [3.8, 4) is 0 Å². The molecule has 0 heterocycles. The van der Waals surface area contributed by atoms with Crippen LogP contribution in [0.2, 0.25) is 0 Å². The lowest BCUT2D eigenvalue weighted by Crippen LogP contribution is -2.43. The van der Waals surface area contributed by atoms with Gasteiger partial charge in [-0.3, -0.25) is 4.72 Å². The van der Waals surface area contributed by atoms with Crippen LogP contribution >= 0.6 is 0 Å². The normalized spacial score (nSPS) is 12.6. The second-order valence-electron chi connectivity index (χ2n) is 5.25. The average molecular weight is 298 g/mol. The quantitative estimate of drug-likeness (QED) is 0.723. The van der Waals surface area contributed by atoms with Gasteiger partial charge in [-0.1, -0.05) is 12.1 Å². The van der Waals surface area contributed by atoms with Gasteiger partial charge in [0.25, 0.3) is 10.2 Å². The van der Waals surface area contributed by atoms with Crippen LogP contribution in [0.4, 0.5) is 5.69 Å².